The lowest BCUT2D eigenvalue weighted by Gasteiger charge is -2.06. The van der Waals surface area contributed by atoms with Crippen molar-refractivity contribution in [2.24, 2.45) is 5.73 Å². The molecule has 0 atom stereocenters. The Kier molecular flexibility index (Phi) is 2.59. The number of benzene rings is 1. The second-order valence-electron chi connectivity index (χ2n) is 2.76. The number of rotatable bonds is 3. The number of ether oxygens (including phenoxy) is 1. The van der Waals surface area contributed by atoms with Crippen LogP contribution in [0.5, 0.6) is 11.6 Å². The molecule has 1 aromatic carbocycles. The molecule has 0 amide bonds. The highest BCUT2D eigenvalue weighted by atomic mass is 32.1. The van der Waals surface area contributed by atoms with Crippen LogP contribution in [0.3, 0.4) is 0 Å². The zero-order valence-electron chi connectivity index (χ0n) is 7.68. The van der Waals surface area contributed by atoms with E-state index in [1.165, 1.54) is 11.5 Å². The van der Waals surface area contributed by atoms with Crippen molar-refractivity contribution in [1.29, 1.82) is 5.41 Å². The molecule has 0 unspecified atom stereocenters. The third-order valence-electron chi connectivity index (χ3n) is 1.73. The topological polar surface area (TPSA) is 84.9 Å². The molecule has 2 rings (SSSR count). The number of hydrogen-bond acceptors (Lipinski definition) is 5. The summed E-state index contributed by atoms with van der Waals surface area (Å²) < 4.78 is 9.10. The Labute approximate surface area is 90.2 Å². The zero-order chi connectivity index (χ0) is 10.7. The molecule has 2 aromatic rings. The van der Waals surface area contributed by atoms with Crippen LogP contribution in [0.1, 0.15) is 5.56 Å². The molecule has 0 bridgehead atoms. The van der Waals surface area contributed by atoms with E-state index in [0.29, 0.717) is 17.2 Å². The average molecular weight is 220 g/mol. The van der Waals surface area contributed by atoms with E-state index in [2.05, 4.69) is 9.59 Å². The van der Waals surface area contributed by atoms with Crippen molar-refractivity contribution in [1.82, 2.24) is 9.59 Å². The van der Waals surface area contributed by atoms with Crippen molar-refractivity contribution in [2.45, 2.75) is 0 Å². The third kappa shape index (κ3) is 2.10. The summed E-state index contributed by atoms with van der Waals surface area (Å²) >= 11 is 1.20. The first-order chi connectivity index (χ1) is 7.27. The van der Waals surface area contributed by atoms with Crippen LogP contribution < -0.4 is 10.5 Å². The van der Waals surface area contributed by atoms with Crippen LogP contribution in [0.15, 0.2) is 29.6 Å². The van der Waals surface area contributed by atoms with Gasteiger partial charge in [0.2, 0.25) is 0 Å². The minimum absolute atomic E-state index is 0.0335. The van der Waals surface area contributed by atoms with Gasteiger partial charge in [0.05, 0.1) is 10.9 Å². The van der Waals surface area contributed by atoms with Gasteiger partial charge in [-0.05, 0) is 23.7 Å². The van der Waals surface area contributed by atoms with Crippen LogP contribution in [-0.2, 0) is 0 Å². The van der Waals surface area contributed by atoms with Crippen molar-refractivity contribution in [3.8, 4) is 11.6 Å². The second kappa shape index (κ2) is 4.05. The third-order valence-corrected chi connectivity index (χ3v) is 2.21. The first kappa shape index (κ1) is 9.60. The van der Waals surface area contributed by atoms with E-state index >= 15 is 0 Å². The number of nitrogens with two attached hydrogens (primary N) is 1. The van der Waals surface area contributed by atoms with Crippen LogP contribution in [0.2, 0.25) is 0 Å². The summed E-state index contributed by atoms with van der Waals surface area (Å²) in [7, 11) is 0. The SMILES string of the molecule is N=C(N)c1ccccc1Oc1csnn1. The number of nitrogens with one attached hydrogen (secondary N) is 1. The maximum Gasteiger partial charge on any atom is 0.251 e. The fourth-order valence-electron chi connectivity index (χ4n) is 1.09. The molecule has 5 nitrogen and oxygen atoms in total. The minimum atomic E-state index is -0.0335. The van der Waals surface area contributed by atoms with Crippen LogP contribution in [0.4, 0.5) is 0 Å². The fraction of sp³-hybridized carbons (Fsp3) is 0. The molecule has 0 spiro atoms. The number of aromatic nitrogens is 2. The standard InChI is InChI=1S/C9H8N4OS/c10-9(11)6-3-1-2-4-7(6)14-8-5-15-13-12-8/h1-5H,(H3,10,11). The predicted octanol–water partition coefficient (Wildman–Crippen LogP) is 1.61. The Bertz CT molecular complexity index is 469. The van der Waals surface area contributed by atoms with Gasteiger partial charge in [-0.3, -0.25) is 5.41 Å². The summed E-state index contributed by atoms with van der Waals surface area (Å²) in [5.41, 5.74) is 5.96. The molecule has 1 aromatic heterocycles. The molecule has 0 saturated heterocycles. The van der Waals surface area contributed by atoms with E-state index in [9.17, 15) is 0 Å². The van der Waals surface area contributed by atoms with Crippen LogP contribution in [0, 0.1) is 5.41 Å². The van der Waals surface area contributed by atoms with Gasteiger partial charge in [-0.1, -0.05) is 21.7 Å². The van der Waals surface area contributed by atoms with Gasteiger partial charge in [0.1, 0.15) is 11.6 Å². The highest BCUT2D eigenvalue weighted by Crippen LogP contribution is 2.23. The molecule has 0 saturated carbocycles. The Balaban J connectivity index is 2.32. The zero-order valence-corrected chi connectivity index (χ0v) is 8.49. The van der Waals surface area contributed by atoms with Crippen molar-refractivity contribution in [2.75, 3.05) is 0 Å². The molecule has 0 aliphatic carbocycles. The van der Waals surface area contributed by atoms with Crippen molar-refractivity contribution < 1.29 is 4.74 Å². The Morgan fingerprint density at radius 1 is 1.40 bits per heavy atom. The lowest BCUT2D eigenvalue weighted by atomic mass is 10.2. The number of nitrogen functional groups attached to an aromatic ring is 1. The maximum atomic E-state index is 7.37. The highest BCUT2D eigenvalue weighted by Gasteiger charge is 2.07. The number of hydrogen-bond donors (Lipinski definition) is 2. The first-order valence-electron chi connectivity index (χ1n) is 4.15. The van der Waals surface area contributed by atoms with E-state index in [4.69, 9.17) is 15.9 Å². The van der Waals surface area contributed by atoms with Gasteiger partial charge in [0.15, 0.2) is 0 Å². The highest BCUT2D eigenvalue weighted by molar-refractivity contribution is 7.03. The molecule has 0 radical (unpaired) electrons. The van der Waals surface area contributed by atoms with Gasteiger partial charge in [-0.2, -0.15) is 0 Å². The molecule has 76 valence electrons. The Morgan fingerprint density at radius 2 is 2.20 bits per heavy atom. The van der Waals surface area contributed by atoms with Crippen molar-refractivity contribution in [3.63, 3.8) is 0 Å². The maximum absolute atomic E-state index is 7.37. The van der Waals surface area contributed by atoms with Crippen LogP contribution in [0.25, 0.3) is 0 Å². The number of amidine groups is 1. The molecule has 1 heterocycles. The van der Waals surface area contributed by atoms with Gasteiger partial charge >= 0.3 is 0 Å². The van der Waals surface area contributed by atoms with Crippen LogP contribution in [-0.4, -0.2) is 15.4 Å². The smallest absolute Gasteiger partial charge is 0.251 e. The number of para-hydroxylation sites is 1. The van der Waals surface area contributed by atoms with Gasteiger partial charge in [0.25, 0.3) is 5.88 Å². The summed E-state index contributed by atoms with van der Waals surface area (Å²) in [5, 5.41) is 12.8. The van der Waals surface area contributed by atoms with E-state index in [0.717, 1.165) is 0 Å². The summed E-state index contributed by atoms with van der Waals surface area (Å²) in [5.74, 6) is 0.889. The summed E-state index contributed by atoms with van der Waals surface area (Å²) in [6.07, 6.45) is 0. The lowest BCUT2D eigenvalue weighted by molar-refractivity contribution is 0.460. The predicted molar refractivity (Wildman–Crippen MR) is 57.4 cm³/mol. The largest absolute Gasteiger partial charge is 0.436 e. The number of nitrogens with zero attached hydrogens (tertiary/aromatic N) is 2. The quantitative estimate of drug-likeness (QED) is 0.608. The van der Waals surface area contributed by atoms with Gasteiger partial charge in [-0.25, -0.2) is 0 Å². The molecule has 15 heavy (non-hydrogen) atoms. The summed E-state index contributed by atoms with van der Waals surface area (Å²) in [6.45, 7) is 0. The Morgan fingerprint density at radius 3 is 2.87 bits per heavy atom. The summed E-state index contributed by atoms with van der Waals surface area (Å²) in [6, 6.07) is 7.05. The monoisotopic (exact) mass is 220 g/mol. The van der Waals surface area contributed by atoms with Crippen LogP contribution >= 0.6 is 11.5 Å². The first-order valence-corrected chi connectivity index (χ1v) is 4.99. The summed E-state index contributed by atoms with van der Waals surface area (Å²) in [4.78, 5) is 0. The molecule has 6 heteroatoms. The van der Waals surface area contributed by atoms with Crippen molar-refractivity contribution in [3.05, 3.63) is 35.2 Å². The van der Waals surface area contributed by atoms with Gasteiger partial charge < -0.3 is 10.5 Å². The minimum Gasteiger partial charge on any atom is -0.436 e. The Hall–Kier alpha value is -1.95. The molecule has 3 N–H and O–H groups in total. The molecule has 0 aliphatic rings. The van der Waals surface area contributed by atoms with Gasteiger partial charge in [-0.15, -0.1) is 0 Å². The van der Waals surface area contributed by atoms with Gasteiger partial charge in [0, 0.05) is 0 Å². The normalized spacial score (nSPS) is 9.87. The molecular formula is C9H8N4OS. The average Bonchev–Trinajstić information content (AvgIpc) is 2.71. The molecular weight excluding hydrogens is 212 g/mol. The molecule has 0 aliphatic heterocycles. The van der Waals surface area contributed by atoms with Crippen molar-refractivity contribution >= 4 is 17.4 Å². The van der Waals surface area contributed by atoms with E-state index in [1.807, 2.05) is 6.07 Å². The van der Waals surface area contributed by atoms with E-state index < -0.39 is 0 Å². The second-order valence-corrected chi connectivity index (χ2v) is 3.36. The lowest BCUT2D eigenvalue weighted by Crippen LogP contribution is -2.12. The fourth-order valence-corrected chi connectivity index (χ4v) is 1.45. The molecule has 0 fully saturated rings. The van der Waals surface area contributed by atoms with E-state index in [1.54, 1.807) is 23.6 Å². The van der Waals surface area contributed by atoms with E-state index in [-0.39, 0.29) is 5.84 Å².